The van der Waals surface area contributed by atoms with Gasteiger partial charge in [0.2, 0.25) is 5.91 Å². The fraction of sp³-hybridized carbons (Fsp3) is 0.250. The summed E-state index contributed by atoms with van der Waals surface area (Å²) in [6.45, 7) is 3.24. The van der Waals surface area contributed by atoms with Gasteiger partial charge in [-0.15, -0.1) is 0 Å². The van der Waals surface area contributed by atoms with Gasteiger partial charge in [-0.1, -0.05) is 40.2 Å². The summed E-state index contributed by atoms with van der Waals surface area (Å²) in [5.41, 5.74) is 2.65. The number of benzene rings is 2. The number of furan rings is 1. The quantitative estimate of drug-likeness (QED) is 0.476. The summed E-state index contributed by atoms with van der Waals surface area (Å²) in [6, 6.07) is 18.9. The van der Waals surface area contributed by atoms with Crippen LogP contribution >= 0.6 is 15.9 Å². The van der Waals surface area contributed by atoms with Gasteiger partial charge in [-0.05, 0) is 54.4 Å². The first-order valence-corrected chi connectivity index (χ1v) is 10.8. The van der Waals surface area contributed by atoms with Gasteiger partial charge in [-0.3, -0.25) is 14.5 Å². The number of amides is 2. The number of carbonyl (C=O) groups is 2. The Hall–Kier alpha value is -2.90. The lowest BCUT2D eigenvalue weighted by Gasteiger charge is -2.22. The topological polar surface area (TPSA) is 74.6 Å². The highest BCUT2D eigenvalue weighted by molar-refractivity contribution is 9.10. The lowest BCUT2D eigenvalue weighted by Crippen LogP contribution is -2.37. The summed E-state index contributed by atoms with van der Waals surface area (Å²) in [4.78, 5) is 26.5. The minimum Gasteiger partial charge on any atom is -0.468 e. The van der Waals surface area contributed by atoms with Gasteiger partial charge in [0.1, 0.15) is 5.76 Å². The van der Waals surface area contributed by atoms with Crippen LogP contribution in [0, 0.1) is 0 Å². The first kappa shape index (κ1) is 22.8. The molecule has 1 atom stereocenters. The summed E-state index contributed by atoms with van der Waals surface area (Å²) in [5.74, 6) is 0.597. The first-order chi connectivity index (χ1) is 14.9. The van der Waals surface area contributed by atoms with E-state index >= 15 is 0 Å². The van der Waals surface area contributed by atoms with Crippen LogP contribution in [0.15, 0.2) is 75.8 Å². The number of carbonyl (C=O) groups excluding carboxylic acids is 2. The van der Waals surface area contributed by atoms with Gasteiger partial charge >= 0.3 is 0 Å². The number of halogens is 1. The van der Waals surface area contributed by atoms with E-state index in [4.69, 9.17) is 4.42 Å². The zero-order chi connectivity index (χ0) is 22.2. The molecule has 3 rings (SSSR count). The van der Waals surface area contributed by atoms with E-state index in [-0.39, 0.29) is 24.4 Å². The fourth-order valence-corrected chi connectivity index (χ4v) is 3.54. The van der Waals surface area contributed by atoms with E-state index in [9.17, 15) is 9.59 Å². The number of hydrogen-bond acceptors (Lipinski definition) is 4. The Labute approximate surface area is 190 Å². The molecule has 0 spiro atoms. The first-order valence-electron chi connectivity index (χ1n) is 10.0. The molecule has 2 N–H and O–H groups in total. The Morgan fingerprint density at radius 1 is 1.03 bits per heavy atom. The van der Waals surface area contributed by atoms with Crippen LogP contribution in [0.25, 0.3) is 0 Å². The zero-order valence-corrected chi connectivity index (χ0v) is 19.2. The van der Waals surface area contributed by atoms with E-state index < -0.39 is 0 Å². The molecule has 162 valence electrons. The van der Waals surface area contributed by atoms with E-state index in [0.717, 1.165) is 21.4 Å². The van der Waals surface area contributed by atoms with Gasteiger partial charge in [0.05, 0.1) is 25.4 Å². The zero-order valence-electron chi connectivity index (χ0n) is 17.6. The fourth-order valence-electron chi connectivity index (χ4n) is 3.28. The molecule has 0 saturated heterocycles. The molecule has 0 aliphatic carbocycles. The van der Waals surface area contributed by atoms with Crippen LogP contribution in [-0.2, 0) is 17.9 Å². The number of rotatable bonds is 9. The van der Waals surface area contributed by atoms with Crippen molar-refractivity contribution in [2.45, 2.75) is 26.1 Å². The van der Waals surface area contributed by atoms with Crippen LogP contribution in [0.4, 0.5) is 0 Å². The summed E-state index contributed by atoms with van der Waals surface area (Å²) >= 11 is 3.43. The summed E-state index contributed by atoms with van der Waals surface area (Å²) in [5, 5.41) is 5.68. The smallest absolute Gasteiger partial charge is 0.251 e. The lowest BCUT2D eigenvalue weighted by atomic mass is 10.1. The summed E-state index contributed by atoms with van der Waals surface area (Å²) in [7, 11) is 1.61. The van der Waals surface area contributed by atoms with Crippen molar-refractivity contribution in [3.05, 3.63) is 93.9 Å². The average Bonchev–Trinajstić information content (AvgIpc) is 3.27. The Morgan fingerprint density at radius 2 is 1.74 bits per heavy atom. The molecular formula is C24H26BrN3O3. The van der Waals surface area contributed by atoms with Crippen LogP contribution in [0.5, 0.6) is 0 Å². The Morgan fingerprint density at radius 3 is 2.35 bits per heavy atom. The molecule has 2 amide bonds. The maximum absolute atomic E-state index is 12.8. The maximum atomic E-state index is 12.8. The minimum absolute atomic E-state index is 0.0658. The predicted molar refractivity (Wildman–Crippen MR) is 123 cm³/mol. The molecule has 2 aromatic carbocycles. The Kier molecular flexibility index (Phi) is 8.03. The average molecular weight is 484 g/mol. The van der Waals surface area contributed by atoms with Crippen molar-refractivity contribution in [3.8, 4) is 0 Å². The third-order valence-corrected chi connectivity index (χ3v) is 5.45. The molecule has 1 unspecified atom stereocenters. The predicted octanol–water partition coefficient (Wildman–Crippen LogP) is 4.28. The molecule has 0 aliphatic heterocycles. The van der Waals surface area contributed by atoms with Crippen molar-refractivity contribution >= 4 is 27.7 Å². The third kappa shape index (κ3) is 6.80. The van der Waals surface area contributed by atoms with Crippen LogP contribution in [0.2, 0.25) is 0 Å². The van der Waals surface area contributed by atoms with Gasteiger partial charge in [0.25, 0.3) is 5.91 Å². The SMILES string of the molecule is CNC(=O)c1ccc(CN(CC(=O)NC(C)c2ccc(Br)cc2)Cc2ccco2)cc1. The van der Waals surface area contributed by atoms with Gasteiger partial charge in [-0.2, -0.15) is 0 Å². The summed E-state index contributed by atoms with van der Waals surface area (Å²) < 4.78 is 6.48. The molecule has 1 heterocycles. The molecule has 0 radical (unpaired) electrons. The van der Waals surface area contributed by atoms with Gasteiger partial charge in [0.15, 0.2) is 0 Å². The highest BCUT2D eigenvalue weighted by Gasteiger charge is 2.16. The molecule has 0 aliphatic rings. The molecule has 0 fully saturated rings. The van der Waals surface area contributed by atoms with E-state index in [1.165, 1.54) is 0 Å². The van der Waals surface area contributed by atoms with Crippen LogP contribution in [0.3, 0.4) is 0 Å². The van der Waals surface area contributed by atoms with Crippen molar-refractivity contribution in [1.29, 1.82) is 0 Å². The normalized spacial score (nSPS) is 11.9. The second-order valence-electron chi connectivity index (χ2n) is 7.34. The monoisotopic (exact) mass is 483 g/mol. The van der Waals surface area contributed by atoms with Crippen molar-refractivity contribution in [1.82, 2.24) is 15.5 Å². The van der Waals surface area contributed by atoms with E-state index in [0.29, 0.717) is 18.7 Å². The van der Waals surface area contributed by atoms with E-state index in [1.54, 1.807) is 25.4 Å². The maximum Gasteiger partial charge on any atom is 0.251 e. The second kappa shape index (κ2) is 10.9. The van der Waals surface area contributed by atoms with Gasteiger partial charge < -0.3 is 15.1 Å². The number of nitrogens with one attached hydrogen (secondary N) is 2. The van der Waals surface area contributed by atoms with Crippen molar-refractivity contribution < 1.29 is 14.0 Å². The van der Waals surface area contributed by atoms with Crippen molar-refractivity contribution in [2.75, 3.05) is 13.6 Å². The molecule has 7 heteroatoms. The second-order valence-corrected chi connectivity index (χ2v) is 8.26. The molecule has 3 aromatic rings. The summed E-state index contributed by atoms with van der Waals surface area (Å²) in [6.07, 6.45) is 1.63. The van der Waals surface area contributed by atoms with Gasteiger partial charge in [0, 0.05) is 23.6 Å². The third-order valence-electron chi connectivity index (χ3n) is 4.92. The molecule has 1 aromatic heterocycles. The Bertz CT molecular complexity index is 986. The highest BCUT2D eigenvalue weighted by Crippen LogP contribution is 2.17. The largest absolute Gasteiger partial charge is 0.468 e. The Balaban J connectivity index is 1.66. The van der Waals surface area contributed by atoms with Gasteiger partial charge in [-0.25, -0.2) is 0 Å². The van der Waals surface area contributed by atoms with Crippen LogP contribution in [0.1, 0.15) is 40.2 Å². The molecule has 31 heavy (non-hydrogen) atoms. The molecule has 6 nitrogen and oxygen atoms in total. The lowest BCUT2D eigenvalue weighted by molar-refractivity contribution is -0.123. The van der Waals surface area contributed by atoms with E-state index in [1.807, 2.05) is 60.4 Å². The number of nitrogens with zero attached hydrogens (tertiary/aromatic N) is 1. The molecule has 0 saturated carbocycles. The van der Waals surface area contributed by atoms with E-state index in [2.05, 4.69) is 26.6 Å². The highest BCUT2D eigenvalue weighted by atomic mass is 79.9. The van der Waals surface area contributed by atoms with Crippen molar-refractivity contribution in [2.24, 2.45) is 0 Å². The molecule has 0 bridgehead atoms. The van der Waals surface area contributed by atoms with Crippen molar-refractivity contribution in [3.63, 3.8) is 0 Å². The van der Waals surface area contributed by atoms with Crippen LogP contribution < -0.4 is 10.6 Å². The number of hydrogen-bond donors (Lipinski definition) is 2. The molecular weight excluding hydrogens is 458 g/mol. The minimum atomic E-state index is -0.125. The standard InChI is InChI=1S/C24H26BrN3O3/c1-17(19-9-11-21(25)12-10-19)27-23(29)16-28(15-22-4-3-13-31-22)14-18-5-7-20(8-6-18)24(30)26-2/h3-13,17H,14-16H2,1-2H3,(H,26,30)(H,27,29). The van der Waals surface area contributed by atoms with Crippen LogP contribution in [-0.4, -0.2) is 30.3 Å².